The first-order chi connectivity index (χ1) is 9.69. The van der Waals surface area contributed by atoms with Gasteiger partial charge in [0.05, 0.1) is 5.69 Å². The summed E-state index contributed by atoms with van der Waals surface area (Å²) < 4.78 is 5.64. The fourth-order valence-electron chi connectivity index (χ4n) is 1.69. The maximum atomic E-state index is 5.97. The molecule has 106 valence electrons. The van der Waals surface area contributed by atoms with E-state index in [0.717, 1.165) is 35.8 Å². The molecule has 0 aliphatic carbocycles. The first-order valence-electron chi connectivity index (χ1n) is 6.66. The normalized spacial score (nSPS) is 10.6. The Bertz CT molecular complexity index is 558. The summed E-state index contributed by atoms with van der Waals surface area (Å²) in [4.78, 5) is 0. The molecule has 5 heteroatoms. The second-order valence-corrected chi connectivity index (χ2v) is 4.96. The van der Waals surface area contributed by atoms with Gasteiger partial charge in [-0.15, -0.1) is 5.10 Å². The van der Waals surface area contributed by atoms with Gasteiger partial charge in [-0.05, 0) is 49.7 Å². The van der Waals surface area contributed by atoms with Crippen LogP contribution in [0.4, 0.5) is 0 Å². The number of aromatic nitrogens is 2. The molecule has 2 aromatic rings. The number of rotatable bonds is 6. The predicted octanol–water partition coefficient (Wildman–Crippen LogP) is 3.73. The van der Waals surface area contributed by atoms with E-state index in [1.807, 2.05) is 37.3 Å². The summed E-state index contributed by atoms with van der Waals surface area (Å²) in [6.07, 6.45) is 1.10. The summed E-state index contributed by atoms with van der Waals surface area (Å²) in [6.45, 7) is 5.76. The SMILES string of the molecule is CCCNCc1ccc(Oc2ccc(Cl)c(C)c2)nn1. The third-order valence-corrected chi connectivity index (χ3v) is 3.20. The van der Waals surface area contributed by atoms with Gasteiger partial charge in [0.25, 0.3) is 0 Å². The van der Waals surface area contributed by atoms with Crippen LogP contribution in [0.1, 0.15) is 24.6 Å². The van der Waals surface area contributed by atoms with Crippen LogP contribution >= 0.6 is 11.6 Å². The van der Waals surface area contributed by atoms with E-state index in [0.29, 0.717) is 11.6 Å². The number of ether oxygens (including phenoxy) is 1. The van der Waals surface area contributed by atoms with E-state index in [1.54, 1.807) is 0 Å². The average molecular weight is 292 g/mol. The molecular weight excluding hydrogens is 274 g/mol. The maximum Gasteiger partial charge on any atom is 0.238 e. The highest BCUT2D eigenvalue weighted by molar-refractivity contribution is 6.31. The first kappa shape index (κ1) is 14.8. The molecule has 2 rings (SSSR count). The van der Waals surface area contributed by atoms with Crippen molar-refractivity contribution in [2.75, 3.05) is 6.54 Å². The molecule has 1 aromatic heterocycles. The van der Waals surface area contributed by atoms with Crippen molar-refractivity contribution < 1.29 is 4.74 Å². The van der Waals surface area contributed by atoms with Crippen LogP contribution in [-0.4, -0.2) is 16.7 Å². The van der Waals surface area contributed by atoms with Crippen molar-refractivity contribution >= 4 is 11.6 Å². The molecule has 0 amide bonds. The largest absolute Gasteiger partial charge is 0.438 e. The zero-order valence-electron chi connectivity index (χ0n) is 11.7. The first-order valence-corrected chi connectivity index (χ1v) is 7.04. The molecule has 0 bridgehead atoms. The molecule has 0 fully saturated rings. The van der Waals surface area contributed by atoms with Crippen molar-refractivity contribution in [1.82, 2.24) is 15.5 Å². The molecule has 0 spiro atoms. The molecule has 0 atom stereocenters. The number of aryl methyl sites for hydroxylation is 1. The van der Waals surface area contributed by atoms with Gasteiger partial charge in [-0.3, -0.25) is 0 Å². The molecule has 0 saturated heterocycles. The minimum atomic E-state index is 0.478. The van der Waals surface area contributed by atoms with Crippen molar-refractivity contribution in [3.63, 3.8) is 0 Å². The van der Waals surface area contributed by atoms with Gasteiger partial charge in [-0.1, -0.05) is 18.5 Å². The van der Waals surface area contributed by atoms with E-state index >= 15 is 0 Å². The summed E-state index contributed by atoms with van der Waals surface area (Å²) in [5.41, 5.74) is 1.87. The van der Waals surface area contributed by atoms with Crippen molar-refractivity contribution in [2.45, 2.75) is 26.8 Å². The quantitative estimate of drug-likeness (QED) is 0.824. The Labute approximate surface area is 124 Å². The highest BCUT2D eigenvalue weighted by atomic mass is 35.5. The fraction of sp³-hybridized carbons (Fsp3) is 0.333. The molecule has 0 saturated carbocycles. The Morgan fingerprint density at radius 2 is 2.05 bits per heavy atom. The van der Waals surface area contributed by atoms with Crippen LogP contribution in [0.3, 0.4) is 0 Å². The molecule has 0 radical (unpaired) electrons. The minimum absolute atomic E-state index is 0.478. The van der Waals surface area contributed by atoms with E-state index < -0.39 is 0 Å². The van der Waals surface area contributed by atoms with Gasteiger partial charge in [0, 0.05) is 17.6 Å². The summed E-state index contributed by atoms with van der Waals surface area (Å²) >= 11 is 5.97. The van der Waals surface area contributed by atoms with E-state index in [4.69, 9.17) is 16.3 Å². The fourth-order valence-corrected chi connectivity index (χ4v) is 1.81. The van der Waals surface area contributed by atoms with Gasteiger partial charge in [-0.25, -0.2) is 0 Å². The number of nitrogens with one attached hydrogen (secondary N) is 1. The smallest absolute Gasteiger partial charge is 0.238 e. The van der Waals surface area contributed by atoms with Gasteiger partial charge in [0.1, 0.15) is 5.75 Å². The third kappa shape index (κ3) is 4.18. The lowest BCUT2D eigenvalue weighted by molar-refractivity contribution is 0.453. The molecule has 0 unspecified atom stereocenters. The molecule has 0 aliphatic rings. The Balaban J connectivity index is 1.97. The monoisotopic (exact) mass is 291 g/mol. The Morgan fingerprint density at radius 3 is 2.70 bits per heavy atom. The van der Waals surface area contributed by atoms with Gasteiger partial charge >= 0.3 is 0 Å². The van der Waals surface area contributed by atoms with E-state index in [-0.39, 0.29) is 0 Å². The molecule has 20 heavy (non-hydrogen) atoms. The van der Waals surface area contributed by atoms with Crippen LogP contribution in [0.2, 0.25) is 5.02 Å². The molecule has 1 aromatic carbocycles. The summed E-state index contributed by atoms with van der Waals surface area (Å²) in [6, 6.07) is 9.23. The number of hydrogen-bond donors (Lipinski definition) is 1. The van der Waals surface area contributed by atoms with Crippen molar-refractivity contribution in [2.24, 2.45) is 0 Å². The number of hydrogen-bond acceptors (Lipinski definition) is 4. The summed E-state index contributed by atoms with van der Waals surface area (Å²) in [5, 5.41) is 12.2. The van der Waals surface area contributed by atoms with Gasteiger partial charge in [-0.2, -0.15) is 5.10 Å². The zero-order chi connectivity index (χ0) is 14.4. The zero-order valence-corrected chi connectivity index (χ0v) is 12.4. The summed E-state index contributed by atoms with van der Waals surface area (Å²) in [7, 11) is 0. The lowest BCUT2D eigenvalue weighted by Crippen LogP contribution is -2.15. The van der Waals surface area contributed by atoms with Crippen LogP contribution in [0, 0.1) is 6.92 Å². The van der Waals surface area contributed by atoms with Crippen LogP contribution in [0.5, 0.6) is 11.6 Å². The van der Waals surface area contributed by atoms with Gasteiger partial charge in [0.15, 0.2) is 0 Å². The molecule has 1 heterocycles. The molecule has 0 aliphatic heterocycles. The van der Waals surface area contributed by atoms with Crippen LogP contribution in [0.15, 0.2) is 30.3 Å². The van der Waals surface area contributed by atoms with Crippen molar-refractivity contribution in [3.8, 4) is 11.6 Å². The summed E-state index contributed by atoms with van der Waals surface area (Å²) in [5.74, 6) is 1.18. The predicted molar refractivity (Wildman–Crippen MR) is 80.3 cm³/mol. The minimum Gasteiger partial charge on any atom is -0.438 e. The number of halogens is 1. The molecule has 1 N–H and O–H groups in total. The van der Waals surface area contributed by atoms with Crippen LogP contribution in [0.25, 0.3) is 0 Å². The maximum absolute atomic E-state index is 5.97. The highest BCUT2D eigenvalue weighted by Gasteiger charge is 2.03. The number of nitrogens with zero attached hydrogens (tertiary/aromatic N) is 2. The van der Waals surface area contributed by atoms with E-state index in [2.05, 4.69) is 22.4 Å². The van der Waals surface area contributed by atoms with Crippen molar-refractivity contribution in [1.29, 1.82) is 0 Å². The average Bonchev–Trinajstić information content (AvgIpc) is 2.45. The van der Waals surface area contributed by atoms with E-state index in [9.17, 15) is 0 Å². The second-order valence-electron chi connectivity index (χ2n) is 4.55. The Morgan fingerprint density at radius 1 is 1.20 bits per heavy atom. The second kappa shape index (κ2) is 7.22. The third-order valence-electron chi connectivity index (χ3n) is 2.78. The van der Waals surface area contributed by atoms with Crippen LogP contribution in [-0.2, 0) is 6.54 Å². The Kier molecular flexibility index (Phi) is 5.32. The van der Waals surface area contributed by atoms with E-state index in [1.165, 1.54) is 0 Å². The number of benzene rings is 1. The van der Waals surface area contributed by atoms with Gasteiger partial charge < -0.3 is 10.1 Å². The standard InChI is InChI=1S/C15H18ClN3O/c1-3-8-17-10-12-4-7-15(19-18-12)20-13-5-6-14(16)11(2)9-13/h4-7,9,17H,3,8,10H2,1-2H3. The van der Waals surface area contributed by atoms with Crippen molar-refractivity contribution in [3.05, 3.63) is 46.6 Å². The molecule has 4 nitrogen and oxygen atoms in total. The topological polar surface area (TPSA) is 47.0 Å². The lowest BCUT2D eigenvalue weighted by Gasteiger charge is -2.07. The van der Waals surface area contributed by atoms with Gasteiger partial charge in [0.2, 0.25) is 5.88 Å². The van der Waals surface area contributed by atoms with Crippen LogP contribution < -0.4 is 10.1 Å². The Hall–Kier alpha value is -1.65. The highest BCUT2D eigenvalue weighted by Crippen LogP contribution is 2.24. The molecular formula is C15H18ClN3O. The lowest BCUT2D eigenvalue weighted by atomic mass is 10.2.